The quantitative estimate of drug-likeness (QED) is 0.612. The first-order valence-electron chi connectivity index (χ1n) is 8.08. The third kappa shape index (κ3) is 3.99. The van der Waals surface area contributed by atoms with Crippen molar-refractivity contribution in [3.63, 3.8) is 0 Å². The van der Waals surface area contributed by atoms with E-state index >= 15 is 0 Å². The Morgan fingerprint density at radius 2 is 0.958 bits per heavy atom. The van der Waals surface area contributed by atoms with Crippen LogP contribution in [0, 0.1) is 0 Å². The molecule has 116 valence electrons. The van der Waals surface area contributed by atoms with Crippen LogP contribution >= 0.6 is 0 Å². The highest BCUT2D eigenvalue weighted by molar-refractivity contribution is 5.85. The van der Waals surface area contributed by atoms with Gasteiger partial charge in [0.1, 0.15) is 0 Å². The molecule has 0 aromatic heterocycles. The van der Waals surface area contributed by atoms with E-state index in [1.54, 1.807) is 0 Å². The molecule has 0 heteroatoms. The molecule has 0 heterocycles. The average Bonchev–Trinajstić information content (AvgIpc) is 3.32. The first-order valence-corrected chi connectivity index (χ1v) is 8.08. The normalized spacial score (nSPS) is 14.0. The van der Waals surface area contributed by atoms with E-state index in [0.717, 1.165) is 5.57 Å². The van der Waals surface area contributed by atoms with Gasteiger partial charge < -0.3 is 0 Å². The van der Waals surface area contributed by atoms with Crippen molar-refractivity contribution >= 4 is 5.57 Å². The lowest BCUT2D eigenvalue weighted by Crippen LogP contribution is -1.90. The molecule has 0 saturated carbocycles. The van der Waals surface area contributed by atoms with Crippen molar-refractivity contribution in [2.45, 2.75) is 0 Å². The molecule has 2 aromatic carbocycles. The highest BCUT2D eigenvalue weighted by Crippen LogP contribution is 2.29. The van der Waals surface area contributed by atoms with E-state index < -0.39 is 0 Å². The fourth-order valence-electron chi connectivity index (χ4n) is 2.66. The molecule has 0 fully saturated rings. The van der Waals surface area contributed by atoms with Gasteiger partial charge in [0.05, 0.1) is 0 Å². The predicted octanol–water partition coefficient (Wildman–Crippen LogP) is 6.28. The van der Waals surface area contributed by atoms with Crippen LogP contribution in [0.4, 0.5) is 0 Å². The van der Waals surface area contributed by atoms with Crippen molar-refractivity contribution in [2.24, 2.45) is 0 Å². The van der Waals surface area contributed by atoms with E-state index in [1.165, 1.54) is 22.3 Å². The van der Waals surface area contributed by atoms with Gasteiger partial charge in [0, 0.05) is 0 Å². The van der Waals surface area contributed by atoms with Gasteiger partial charge in [-0.1, -0.05) is 116 Å². The molecule has 0 bridgehead atoms. The second-order valence-corrected chi connectivity index (χ2v) is 5.57. The van der Waals surface area contributed by atoms with Gasteiger partial charge in [-0.3, -0.25) is 0 Å². The monoisotopic (exact) mass is 308 g/mol. The Morgan fingerprint density at radius 3 is 1.33 bits per heavy atom. The molecule has 0 saturated heterocycles. The standard InChI is InChI=1S/C18H14.C6H6/c1-3-9-15(10-4-1)18(17-13-7-8-14-17)16-11-5-2-6-12-16;1-6-4-2-3-5-6/h1-14H;2-5H,1H2. The Labute approximate surface area is 144 Å². The summed E-state index contributed by atoms with van der Waals surface area (Å²) in [6.45, 7) is 3.68. The molecule has 0 N–H and O–H groups in total. The zero-order valence-electron chi connectivity index (χ0n) is 13.6. The van der Waals surface area contributed by atoms with Crippen molar-refractivity contribution in [3.8, 4) is 0 Å². The second-order valence-electron chi connectivity index (χ2n) is 5.57. The zero-order valence-corrected chi connectivity index (χ0v) is 13.6. The summed E-state index contributed by atoms with van der Waals surface area (Å²) in [6.07, 6.45) is 16.4. The van der Waals surface area contributed by atoms with Crippen LogP contribution in [0.2, 0.25) is 0 Å². The van der Waals surface area contributed by atoms with E-state index in [4.69, 9.17) is 0 Å². The highest BCUT2D eigenvalue weighted by Gasteiger charge is 2.09. The molecule has 0 aliphatic heterocycles. The molecule has 2 aliphatic rings. The summed E-state index contributed by atoms with van der Waals surface area (Å²) in [5, 5.41) is 0. The molecule has 0 amide bonds. The van der Waals surface area contributed by atoms with Crippen LogP contribution in [0.1, 0.15) is 11.1 Å². The molecule has 0 atom stereocenters. The smallest absolute Gasteiger partial charge is 0.00389 e. The van der Waals surface area contributed by atoms with Crippen molar-refractivity contribution in [3.05, 3.63) is 138 Å². The van der Waals surface area contributed by atoms with Gasteiger partial charge in [-0.15, -0.1) is 0 Å². The summed E-state index contributed by atoms with van der Waals surface area (Å²) >= 11 is 0. The van der Waals surface area contributed by atoms with Gasteiger partial charge in [-0.2, -0.15) is 0 Å². The number of hydrogen-bond donors (Lipinski definition) is 0. The molecule has 0 radical (unpaired) electrons. The van der Waals surface area contributed by atoms with Gasteiger partial charge in [-0.25, -0.2) is 0 Å². The van der Waals surface area contributed by atoms with Gasteiger partial charge in [0.25, 0.3) is 0 Å². The van der Waals surface area contributed by atoms with Crippen molar-refractivity contribution < 1.29 is 0 Å². The number of benzene rings is 2. The lowest BCUT2D eigenvalue weighted by atomic mass is 9.93. The van der Waals surface area contributed by atoms with Crippen LogP contribution in [-0.2, 0) is 0 Å². The van der Waals surface area contributed by atoms with E-state index in [1.807, 2.05) is 24.3 Å². The van der Waals surface area contributed by atoms with Crippen LogP contribution in [-0.4, -0.2) is 0 Å². The SMILES string of the molecule is C1=CC(=C(c2ccccc2)c2ccccc2)C=C1.C=C1C=CC=C1. The Morgan fingerprint density at radius 1 is 0.542 bits per heavy atom. The van der Waals surface area contributed by atoms with E-state index in [-0.39, 0.29) is 0 Å². The molecule has 2 aliphatic carbocycles. The fraction of sp³-hybridized carbons (Fsp3) is 0. The minimum Gasteiger partial charge on any atom is -0.0918 e. The topological polar surface area (TPSA) is 0 Å². The maximum atomic E-state index is 3.68. The summed E-state index contributed by atoms with van der Waals surface area (Å²) in [6, 6.07) is 21.1. The Kier molecular flexibility index (Phi) is 5.21. The fourth-order valence-corrected chi connectivity index (χ4v) is 2.66. The van der Waals surface area contributed by atoms with E-state index in [0.29, 0.717) is 0 Å². The van der Waals surface area contributed by atoms with E-state index in [2.05, 4.69) is 91.5 Å². The Balaban J connectivity index is 0.000000238. The van der Waals surface area contributed by atoms with Crippen molar-refractivity contribution in [1.29, 1.82) is 0 Å². The van der Waals surface area contributed by atoms with Crippen molar-refractivity contribution in [1.82, 2.24) is 0 Å². The van der Waals surface area contributed by atoms with Crippen LogP contribution in [0.15, 0.2) is 127 Å². The maximum Gasteiger partial charge on any atom is -0.00389 e. The molecule has 2 aromatic rings. The zero-order chi connectivity index (χ0) is 16.6. The number of allylic oxidation sites excluding steroid dienone is 10. The lowest BCUT2D eigenvalue weighted by Gasteiger charge is -2.10. The third-order valence-electron chi connectivity index (χ3n) is 3.81. The van der Waals surface area contributed by atoms with Gasteiger partial charge in [-0.05, 0) is 27.8 Å². The highest BCUT2D eigenvalue weighted by atomic mass is 14.1. The minimum absolute atomic E-state index is 1.09. The number of hydrogen-bond acceptors (Lipinski definition) is 0. The van der Waals surface area contributed by atoms with Gasteiger partial charge in [0.15, 0.2) is 0 Å². The molecular weight excluding hydrogens is 288 g/mol. The Hall–Kier alpha value is -3.12. The molecular formula is C24H20. The summed E-state index contributed by atoms with van der Waals surface area (Å²) in [4.78, 5) is 0. The molecule has 0 unspecified atom stereocenters. The van der Waals surface area contributed by atoms with Gasteiger partial charge >= 0.3 is 0 Å². The first-order chi connectivity index (χ1) is 11.8. The second kappa shape index (κ2) is 7.94. The molecule has 0 nitrogen and oxygen atoms in total. The van der Waals surface area contributed by atoms with Crippen LogP contribution in [0.3, 0.4) is 0 Å². The van der Waals surface area contributed by atoms with Crippen molar-refractivity contribution in [2.75, 3.05) is 0 Å². The van der Waals surface area contributed by atoms with Crippen LogP contribution in [0.25, 0.3) is 5.57 Å². The van der Waals surface area contributed by atoms with E-state index in [9.17, 15) is 0 Å². The third-order valence-corrected chi connectivity index (χ3v) is 3.81. The molecule has 4 rings (SSSR count). The minimum atomic E-state index is 1.09. The summed E-state index contributed by atoms with van der Waals surface area (Å²) < 4.78 is 0. The molecule has 0 spiro atoms. The summed E-state index contributed by atoms with van der Waals surface area (Å²) in [5.74, 6) is 0. The average molecular weight is 308 g/mol. The molecule has 24 heavy (non-hydrogen) atoms. The summed E-state index contributed by atoms with van der Waals surface area (Å²) in [5.41, 5.74) is 6.17. The first kappa shape index (κ1) is 15.8. The van der Waals surface area contributed by atoms with Gasteiger partial charge in [0.2, 0.25) is 0 Å². The Bertz CT molecular complexity index is 772. The largest absolute Gasteiger partial charge is 0.0918 e. The van der Waals surface area contributed by atoms with Crippen LogP contribution in [0.5, 0.6) is 0 Å². The van der Waals surface area contributed by atoms with Crippen LogP contribution < -0.4 is 0 Å². The summed E-state index contributed by atoms with van der Waals surface area (Å²) in [7, 11) is 0. The maximum absolute atomic E-state index is 3.68. The predicted molar refractivity (Wildman–Crippen MR) is 105 cm³/mol. The number of rotatable bonds is 2. The lowest BCUT2D eigenvalue weighted by molar-refractivity contribution is 1.52.